The zero-order valence-corrected chi connectivity index (χ0v) is 28.0. The topological polar surface area (TPSA) is 254 Å². The molecule has 1 aliphatic rings. The molecule has 1 aliphatic heterocycles. The van der Waals surface area contributed by atoms with Gasteiger partial charge in [-0.3, -0.25) is 48.1 Å². The van der Waals surface area contributed by atoms with Gasteiger partial charge >= 0.3 is 17.9 Å². The molecule has 0 spiro atoms. The predicted molar refractivity (Wildman–Crippen MR) is 176 cm³/mol. The third-order valence-corrected chi connectivity index (χ3v) is 8.62. The van der Waals surface area contributed by atoms with Crippen molar-refractivity contribution in [2.75, 3.05) is 104 Å². The third-order valence-electron chi connectivity index (χ3n) is 7.61. The van der Waals surface area contributed by atoms with Gasteiger partial charge in [-0.05, 0) is 19.4 Å². The summed E-state index contributed by atoms with van der Waals surface area (Å²) in [6.45, 7) is 2.58. The van der Waals surface area contributed by atoms with Crippen LogP contribution in [-0.2, 0) is 30.5 Å². The number of carboxylic acid groups (broad SMARTS) is 3. The van der Waals surface area contributed by atoms with Crippen molar-refractivity contribution in [2.24, 2.45) is 5.73 Å². The molecular weight excluding hydrogens is 652 g/mol. The fourth-order valence-corrected chi connectivity index (χ4v) is 5.86. The molecular formula is C29H50N8O10S. The SMILES string of the molecule is NCCCCCNC(=O)CSc1cc(O)n(CCNC(=O)CN2CCN(CC(=O)O)CCN(CC(=O)O)CCN(CC(=O)O)CC2)c1O. The molecule has 0 unspecified atom stereocenters. The van der Waals surface area contributed by atoms with Crippen LogP contribution < -0.4 is 16.4 Å². The Hall–Kier alpha value is -3.62. The van der Waals surface area contributed by atoms with Crippen LogP contribution in [0.2, 0.25) is 0 Å². The van der Waals surface area contributed by atoms with Crippen LogP contribution in [0.4, 0.5) is 0 Å². The Labute approximate surface area is 283 Å². The van der Waals surface area contributed by atoms with Crippen molar-refractivity contribution < 1.29 is 49.5 Å². The van der Waals surface area contributed by atoms with Gasteiger partial charge in [-0.15, -0.1) is 11.8 Å². The molecule has 18 nitrogen and oxygen atoms in total. The molecule has 0 bridgehead atoms. The van der Waals surface area contributed by atoms with Gasteiger partial charge in [-0.2, -0.15) is 0 Å². The number of carboxylic acids is 3. The minimum absolute atomic E-state index is 0.0446. The summed E-state index contributed by atoms with van der Waals surface area (Å²) in [5.74, 6) is -4.11. The lowest BCUT2D eigenvalue weighted by atomic mass is 10.2. The van der Waals surface area contributed by atoms with Gasteiger partial charge in [-0.25, -0.2) is 0 Å². The quantitative estimate of drug-likeness (QED) is 0.0564. The number of rotatable bonds is 19. The standard InChI is InChI=1S/C29H50N8O10S/c30-4-2-1-3-5-31-24(39)21-48-22-16-25(40)37(29(22)47)7-6-32-23(38)17-33-8-10-34(18-26(41)42)12-14-36(20-28(45)46)15-13-35(11-9-33)19-27(43)44/h16,40,47H,1-15,17-21,30H2,(H,31,39)(H,32,38)(H,41,42)(H,43,44)(H,45,46). The first-order valence-corrected chi connectivity index (χ1v) is 16.9. The number of thioether (sulfide) groups is 1. The van der Waals surface area contributed by atoms with Crippen molar-refractivity contribution in [2.45, 2.75) is 30.7 Å². The van der Waals surface area contributed by atoms with E-state index in [9.17, 15) is 49.5 Å². The molecule has 1 aromatic heterocycles. The van der Waals surface area contributed by atoms with Crippen molar-refractivity contribution in [3.8, 4) is 11.8 Å². The number of carbonyl (C=O) groups excluding carboxylic acids is 2. The van der Waals surface area contributed by atoms with Gasteiger partial charge in [0, 0.05) is 78.1 Å². The maximum atomic E-state index is 12.9. The predicted octanol–water partition coefficient (Wildman–Crippen LogP) is -2.17. The van der Waals surface area contributed by atoms with Crippen molar-refractivity contribution >= 4 is 41.5 Å². The molecule has 0 aromatic carbocycles. The van der Waals surface area contributed by atoms with Gasteiger partial charge in [0.05, 0.1) is 36.8 Å². The number of amides is 2. The van der Waals surface area contributed by atoms with Gasteiger partial charge in [0.2, 0.25) is 17.7 Å². The highest BCUT2D eigenvalue weighted by Crippen LogP contribution is 2.35. The van der Waals surface area contributed by atoms with Crippen molar-refractivity contribution in [1.29, 1.82) is 0 Å². The summed E-state index contributed by atoms with van der Waals surface area (Å²) in [5, 5.41) is 54.6. The summed E-state index contributed by atoms with van der Waals surface area (Å²) in [7, 11) is 0. The summed E-state index contributed by atoms with van der Waals surface area (Å²) in [6, 6.07) is 1.35. The summed E-state index contributed by atoms with van der Waals surface area (Å²) in [4.78, 5) is 66.4. The van der Waals surface area contributed by atoms with Crippen LogP contribution in [0.25, 0.3) is 0 Å². The molecule has 2 heterocycles. The van der Waals surface area contributed by atoms with E-state index in [0.717, 1.165) is 31.0 Å². The van der Waals surface area contributed by atoms with Crippen LogP contribution in [0, 0.1) is 0 Å². The number of aromatic nitrogens is 1. The Morgan fingerprint density at radius 1 is 0.667 bits per heavy atom. The number of hydrogen-bond donors (Lipinski definition) is 8. The number of unbranched alkanes of at least 4 members (excludes halogenated alkanes) is 2. The zero-order valence-electron chi connectivity index (χ0n) is 27.2. The number of carbonyl (C=O) groups is 5. The van der Waals surface area contributed by atoms with Gasteiger partial charge in [0.15, 0.2) is 5.88 Å². The van der Waals surface area contributed by atoms with E-state index in [0.29, 0.717) is 31.1 Å². The van der Waals surface area contributed by atoms with Crippen molar-refractivity contribution in [3.63, 3.8) is 0 Å². The van der Waals surface area contributed by atoms with E-state index in [1.807, 2.05) is 0 Å². The molecule has 1 saturated heterocycles. The minimum Gasteiger partial charge on any atom is -0.494 e. The van der Waals surface area contributed by atoms with E-state index in [-0.39, 0.29) is 108 Å². The lowest BCUT2D eigenvalue weighted by molar-refractivity contribution is -0.140. The maximum absolute atomic E-state index is 12.9. The molecule has 48 heavy (non-hydrogen) atoms. The highest BCUT2D eigenvalue weighted by Gasteiger charge is 2.21. The van der Waals surface area contributed by atoms with Crippen LogP contribution in [-0.4, -0.2) is 183 Å². The molecule has 2 rings (SSSR count). The maximum Gasteiger partial charge on any atom is 0.317 e. The highest BCUT2D eigenvalue weighted by atomic mass is 32.2. The average Bonchev–Trinajstić information content (AvgIpc) is 3.28. The van der Waals surface area contributed by atoms with Crippen LogP contribution in [0.5, 0.6) is 11.8 Å². The smallest absolute Gasteiger partial charge is 0.317 e. The second-order valence-corrected chi connectivity index (χ2v) is 12.5. The third kappa shape index (κ3) is 16.5. The van der Waals surface area contributed by atoms with Crippen LogP contribution in [0.3, 0.4) is 0 Å². The largest absolute Gasteiger partial charge is 0.494 e. The Morgan fingerprint density at radius 2 is 1.12 bits per heavy atom. The van der Waals surface area contributed by atoms with E-state index in [4.69, 9.17) is 5.73 Å². The van der Waals surface area contributed by atoms with Crippen molar-refractivity contribution in [1.82, 2.24) is 34.8 Å². The number of hydrogen-bond acceptors (Lipinski definition) is 13. The Morgan fingerprint density at radius 3 is 1.58 bits per heavy atom. The van der Waals surface area contributed by atoms with Crippen LogP contribution in [0.15, 0.2) is 11.0 Å². The number of nitrogens with two attached hydrogens (primary N) is 1. The summed E-state index contributed by atoms with van der Waals surface area (Å²) in [6.07, 6.45) is 2.63. The number of nitrogens with one attached hydrogen (secondary N) is 2. The molecule has 0 atom stereocenters. The molecule has 0 saturated carbocycles. The number of aliphatic carboxylic acids is 3. The first-order valence-electron chi connectivity index (χ1n) is 15.9. The van der Waals surface area contributed by atoms with Crippen LogP contribution >= 0.6 is 11.8 Å². The van der Waals surface area contributed by atoms with Crippen LogP contribution in [0.1, 0.15) is 19.3 Å². The summed E-state index contributed by atoms with van der Waals surface area (Å²) in [5.41, 5.74) is 5.46. The second-order valence-electron chi connectivity index (χ2n) is 11.5. The first kappa shape index (κ1) is 40.6. The highest BCUT2D eigenvalue weighted by molar-refractivity contribution is 8.00. The number of aromatic hydroxyl groups is 2. The van der Waals surface area contributed by atoms with E-state index in [1.54, 1.807) is 19.6 Å². The molecule has 0 radical (unpaired) electrons. The Balaban J connectivity index is 1.95. The minimum atomic E-state index is -1.04. The first-order chi connectivity index (χ1) is 22.9. The molecule has 2 amide bonds. The zero-order chi connectivity index (χ0) is 35.5. The fourth-order valence-electron chi connectivity index (χ4n) is 5.05. The Kier molecular flexibility index (Phi) is 18.7. The number of nitrogens with zero attached hydrogens (tertiary/aromatic N) is 5. The molecule has 1 fully saturated rings. The van der Waals surface area contributed by atoms with Crippen molar-refractivity contribution in [3.05, 3.63) is 6.07 Å². The normalized spacial score (nSPS) is 16.1. The molecule has 19 heteroatoms. The Bertz CT molecular complexity index is 1170. The molecule has 9 N–H and O–H groups in total. The lowest BCUT2D eigenvalue weighted by Crippen LogP contribution is -2.50. The van der Waals surface area contributed by atoms with E-state index in [2.05, 4.69) is 10.6 Å². The second kappa shape index (κ2) is 22.1. The van der Waals surface area contributed by atoms with Gasteiger partial charge in [-0.1, -0.05) is 6.42 Å². The monoisotopic (exact) mass is 702 g/mol. The van der Waals surface area contributed by atoms with E-state index in [1.165, 1.54) is 10.6 Å². The molecule has 1 aromatic rings. The van der Waals surface area contributed by atoms with Gasteiger partial charge in [0.25, 0.3) is 0 Å². The van der Waals surface area contributed by atoms with E-state index >= 15 is 0 Å². The molecule has 0 aliphatic carbocycles. The average molecular weight is 703 g/mol. The molecule has 272 valence electrons. The van der Waals surface area contributed by atoms with Gasteiger partial charge in [0.1, 0.15) is 0 Å². The summed E-state index contributed by atoms with van der Waals surface area (Å²) < 4.78 is 1.21. The van der Waals surface area contributed by atoms with E-state index < -0.39 is 17.9 Å². The fraction of sp³-hybridized carbons (Fsp3) is 0.690. The van der Waals surface area contributed by atoms with Gasteiger partial charge < -0.3 is 41.9 Å². The summed E-state index contributed by atoms with van der Waals surface area (Å²) >= 11 is 1.07. The lowest BCUT2D eigenvalue weighted by Gasteiger charge is -2.32.